The largest absolute Gasteiger partial charge is 0.463 e. The quantitative estimate of drug-likeness (QED) is 0.118. The first-order chi connectivity index (χ1) is 31.4. The average molecular weight is 915 g/mol. The van der Waals surface area contributed by atoms with Gasteiger partial charge in [-0.15, -0.1) is 0 Å². The molecule has 2 heterocycles. The Labute approximate surface area is 380 Å². The molecule has 0 aliphatic carbocycles. The van der Waals surface area contributed by atoms with Gasteiger partial charge in [0.1, 0.15) is 38.6 Å². The van der Waals surface area contributed by atoms with Gasteiger partial charge in [-0.25, -0.2) is 0 Å². The van der Waals surface area contributed by atoms with Crippen LogP contribution in [0.25, 0.3) is 0 Å². The second-order valence-corrected chi connectivity index (χ2v) is 12.9. The predicted octanol–water partition coefficient (Wildman–Crippen LogP) is -0.787. The third-order valence-electron chi connectivity index (χ3n) is 7.53. The standard InChI is InChI=1S/C46H42O20/c1-29(47)57-27-37-39(59-31(3)49)41(61-33(5)51)43(63-35(7)53)45(65-37)55-25-23-21-19-17-15-13-11-9-10-12-14-16-18-20-22-24-26-56-46-44(64-36(8)54)42(62-34(6)52)40(60-32(4)50)38(66-46)28-58-30(2)48/h37-46H,25-28H2,1-8H3/t37-,38-,39-,40-,41+,42+,43-,44-,45-,46-/m1/s1. The van der Waals surface area contributed by atoms with Gasteiger partial charge >= 0.3 is 47.8 Å². The number of rotatable bonds is 14. The molecule has 0 N–H and O–H groups in total. The number of carbonyl (C=O) groups is 8. The van der Waals surface area contributed by atoms with Crippen molar-refractivity contribution in [3.05, 3.63) is 0 Å². The number of carbonyl (C=O) groups excluding carboxylic acids is 8. The van der Waals surface area contributed by atoms with Gasteiger partial charge in [-0.3, -0.25) is 38.4 Å². The molecule has 20 nitrogen and oxygen atoms in total. The van der Waals surface area contributed by atoms with E-state index in [1.807, 2.05) is 0 Å². The monoisotopic (exact) mass is 914 g/mol. The van der Waals surface area contributed by atoms with Crippen molar-refractivity contribution in [2.24, 2.45) is 0 Å². The third kappa shape index (κ3) is 21.4. The van der Waals surface area contributed by atoms with Gasteiger partial charge in [-0.05, 0) is 82.9 Å². The van der Waals surface area contributed by atoms with Crippen molar-refractivity contribution in [1.29, 1.82) is 0 Å². The Morgan fingerprint density at radius 1 is 0.333 bits per heavy atom. The van der Waals surface area contributed by atoms with Crippen LogP contribution in [-0.2, 0) is 95.2 Å². The minimum atomic E-state index is -1.40. The minimum Gasteiger partial charge on any atom is -0.463 e. The Morgan fingerprint density at radius 2 is 0.576 bits per heavy atom. The zero-order chi connectivity index (χ0) is 49.0. The number of esters is 8. The van der Waals surface area contributed by atoms with E-state index < -0.39 is 122 Å². The fourth-order valence-corrected chi connectivity index (χ4v) is 5.43. The maximum atomic E-state index is 11.9. The minimum absolute atomic E-state index is 0.323. The van der Waals surface area contributed by atoms with E-state index in [1.54, 1.807) is 0 Å². The SMILES string of the molecule is CC(=O)OC[C@H]1O[C@@H](OCC#CC#CC#CC#CC#CC#CC#CC#CCO[C@@H]2O[C@H](COC(C)=O)[C@@H](OC(C)=O)[C@H](OC(C)=O)[C@H]2OC(C)=O)[C@H](OC(C)=O)[C@@H](OC(C)=O)[C@@H]1OC(C)=O. The molecule has 0 radical (unpaired) electrons. The molecule has 2 rings (SSSR count). The summed E-state index contributed by atoms with van der Waals surface area (Å²) in [6, 6.07) is 0. The van der Waals surface area contributed by atoms with Crippen LogP contribution in [0.4, 0.5) is 0 Å². The smallest absolute Gasteiger partial charge is 0.303 e. The molecule has 0 saturated carbocycles. The first kappa shape index (κ1) is 54.2. The molecule has 2 aliphatic heterocycles. The maximum Gasteiger partial charge on any atom is 0.303 e. The molecule has 0 spiro atoms. The maximum absolute atomic E-state index is 11.9. The molecule has 0 aromatic heterocycles. The third-order valence-corrected chi connectivity index (χ3v) is 7.53. The highest BCUT2D eigenvalue weighted by atomic mass is 16.7. The molecule has 10 atom stereocenters. The number of ether oxygens (including phenoxy) is 12. The van der Waals surface area contributed by atoms with Gasteiger partial charge in [0.05, 0.1) is 0 Å². The average Bonchev–Trinajstić information content (AvgIpc) is 3.21. The zero-order valence-electron chi connectivity index (χ0n) is 36.8. The first-order valence-corrected chi connectivity index (χ1v) is 19.2. The Hall–Kier alpha value is -7.92. The van der Waals surface area contributed by atoms with E-state index in [9.17, 15) is 38.4 Å². The Morgan fingerprint density at radius 3 is 0.833 bits per heavy atom. The van der Waals surface area contributed by atoms with Crippen molar-refractivity contribution >= 4 is 47.8 Å². The van der Waals surface area contributed by atoms with Crippen molar-refractivity contribution in [3.8, 4) is 94.7 Å². The summed E-state index contributed by atoms with van der Waals surface area (Å²) in [5, 5.41) is 0. The normalized spacial score (nSPS) is 22.9. The second kappa shape index (κ2) is 29.4. The van der Waals surface area contributed by atoms with Gasteiger partial charge in [-0.2, -0.15) is 0 Å². The van der Waals surface area contributed by atoms with Gasteiger partial charge in [-0.1, -0.05) is 11.8 Å². The summed E-state index contributed by atoms with van der Waals surface area (Å²) >= 11 is 0. The highest BCUT2D eigenvalue weighted by Gasteiger charge is 2.54. The number of hydrogen-bond acceptors (Lipinski definition) is 20. The second-order valence-electron chi connectivity index (χ2n) is 12.9. The summed E-state index contributed by atoms with van der Waals surface area (Å²) in [6.07, 6.45) is -13.4. The molecule has 2 aliphatic rings. The van der Waals surface area contributed by atoms with Gasteiger partial charge < -0.3 is 56.8 Å². The van der Waals surface area contributed by atoms with Crippen LogP contribution in [0.15, 0.2) is 0 Å². The predicted molar refractivity (Wildman–Crippen MR) is 218 cm³/mol. The fourth-order valence-electron chi connectivity index (χ4n) is 5.43. The van der Waals surface area contributed by atoms with Crippen LogP contribution >= 0.6 is 0 Å². The van der Waals surface area contributed by atoms with Gasteiger partial charge in [0.2, 0.25) is 0 Å². The van der Waals surface area contributed by atoms with E-state index in [0.29, 0.717) is 0 Å². The van der Waals surface area contributed by atoms with Crippen LogP contribution in [0.3, 0.4) is 0 Å². The van der Waals surface area contributed by atoms with E-state index in [4.69, 9.17) is 56.8 Å². The Kier molecular flexibility index (Phi) is 24.2. The van der Waals surface area contributed by atoms with E-state index >= 15 is 0 Å². The van der Waals surface area contributed by atoms with Crippen molar-refractivity contribution in [3.63, 3.8) is 0 Å². The molecule has 2 fully saturated rings. The lowest BCUT2D eigenvalue weighted by Gasteiger charge is -2.43. The highest BCUT2D eigenvalue weighted by Crippen LogP contribution is 2.31. The van der Waals surface area contributed by atoms with Gasteiger partial charge in [0.25, 0.3) is 0 Å². The summed E-state index contributed by atoms with van der Waals surface area (Å²) < 4.78 is 64.8. The van der Waals surface area contributed by atoms with Crippen molar-refractivity contribution in [2.75, 3.05) is 26.4 Å². The molecular formula is C46H42O20. The van der Waals surface area contributed by atoms with E-state index in [0.717, 1.165) is 55.4 Å². The summed E-state index contributed by atoms with van der Waals surface area (Å²) in [7, 11) is 0. The molecule has 0 amide bonds. The summed E-state index contributed by atoms with van der Waals surface area (Å²) in [5.74, 6) is 33.5. The number of hydrogen-bond donors (Lipinski definition) is 0. The summed E-state index contributed by atoms with van der Waals surface area (Å²) in [6.45, 7) is 7.40. The first-order valence-electron chi connectivity index (χ1n) is 19.2. The molecular weight excluding hydrogens is 872 g/mol. The molecule has 0 bridgehead atoms. The van der Waals surface area contributed by atoms with Crippen LogP contribution in [0.2, 0.25) is 0 Å². The van der Waals surface area contributed by atoms with E-state index in [-0.39, 0.29) is 13.2 Å². The lowest BCUT2D eigenvalue weighted by atomic mass is 9.98. The van der Waals surface area contributed by atoms with Crippen LogP contribution in [-0.4, -0.2) is 136 Å². The zero-order valence-corrected chi connectivity index (χ0v) is 36.8. The Balaban J connectivity index is 2.01. The van der Waals surface area contributed by atoms with Crippen LogP contribution in [0.5, 0.6) is 0 Å². The van der Waals surface area contributed by atoms with E-state index in [1.165, 1.54) is 0 Å². The molecule has 346 valence electrons. The molecule has 0 aromatic carbocycles. The Bertz CT molecular complexity index is 2190. The topological polar surface area (TPSA) is 247 Å². The van der Waals surface area contributed by atoms with E-state index in [2.05, 4.69) is 94.7 Å². The van der Waals surface area contributed by atoms with Gasteiger partial charge in [0.15, 0.2) is 49.2 Å². The molecule has 2 saturated heterocycles. The van der Waals surface area contributed by atoms with Gasteiger partial charge in [0, 0.05) is 55.4 Å². The summed E-state index contributed by atoms with van der Waals surface area (Å²) in [4.78, 5) is 94.4. The molecule has 0 aromatic rings. The lowest BCUT2D eigenvalue weighted by Crippen LogP contribution is -2.63. The fraction of sp³-hybridized carbons (Fsp3) is 0.478. The van der Waals surface area contributed by atoms with Crippen LogP contribution < -0.4 is 0 Å². The van der Waals surface area contributed by atoms with Crippen molar-refractivity contribution in [2.45, 2.75) is 117 Å². The van der Waals surface area contributed by atoms with Crippen LogP contribution in [0.1, 0.15) is 55.4 Å². The van der Waals surface area contributed by atoms with Crippen molar-refractivity contribution in [1.82, 2.24) is 0 Å². The molecule has 0 unspecified atom stereocenters. The molecule has 20 heteroatoms. The summed E-state index contributed by atoms with van der Waals surface area (Å²) in [5.41, 5.74) is 0. The van der Waals surface area contributed by atoms with Crippen LogP contribution in [0, 0.1) is 94.7 Å². The lowest BCUT2D eigenvalue weighted by molar-refractivity contribution is -0.305. The van der Waals surface area contributed by atoms with Crippen molar-refractivity contribution < 1.29 is 95.2 Å². The molecule has 66 heavy (non-hydrogen) atoms. The highest BCUT2D eigenvalue weighted by molar-refractivity contribution is 5.70.